The molecule has 0 aliphatic carbocycles. The highest BCUT2D eigenvalue weighted by atomic mass is 32.1. The fourth-order valence-corrected chi connectivity index (χ4v) is 3.73. The lowest BCUT2D eigenvalue weighted by molar-refractivity contribution is -0.115. The van der Waals surface area contributed by atoms with Crippen molar-refractivity contribution in [2.45, 2.75) is 0 Å². The third kappa shape index (κ3) is 5.83. The molecule has 30 heavy (non-hydrogen) atoms. The van der Waals surface area contributed by atoms with E-state index in [0.29, 0.717) is 18.3 Å². The number of aromatic nitrogens is 2. The van der Waals surface area contributed by atoms with Crippen LogP contribution in [0.1, 0.15) is 0 Å². The molecule has 9 heteroatoms. The van der Waals surface area contributed by atoms with Crippen molar-refractivity contribution in [2.24, 2.45) is 0 Å². The summed E-state index contributed by atoms with van der Waals surface area (Å²) in [7, 11) is 0. The molecular formula is C21H24N6O2S. The van der Waals surface area contributed by atoms with Gasteiger partial charge in [0.2, 0.25) is 11.9 Å². The maximum Gasteiger partial charge on any atom is 0.238 e. The molecule has 2 aromatic heterocycles. The summed E-state index contributed by atoms with van der Waals surface area (Å²) in [5.41, 5.74) is 3.61. The number of hydrogen-bond acceptors (Lipinski definition) is 8. The summed E-state index contributed by atoms with van der Waals surface area (Å²) >= 11 is 1.64. The van der Waals surface area contributed by atoms with Gasteiger partial charge in [-0.25, -0.2) is 9.97 Å². The van der Waals surface area contributed by atoms with Crippen LogP contribution >= 0.6 is 11.3 Å². The lowest BCUT2D eigenvalue weighted by Crippen LogP contribution is -2.43. The molecule has 0 unspecified atom stereocenters. The summed E-state index contributed by atoms with van der Waals surface area (Å²) in [4.78, 5) is 23.2. The number of amides is 1. The maximum atomic E-state index is 12.2. The van der Waals surface area contributed by atoms with Gasteiger partial charge < -0.3 is 15.4 Å². The first-order chi connectivity index (χ1) is 14.8. The molecule has 0 saturated carbocycles. The van der Waals surface area contributed by atoms with Gasteiger partial charge in [0.15, 0.2) is 0 Å². The molecule has 0 radical (unpaired) electrons. The van der Waals surface area contributed by atoms with E-state index < -0.39 is 0 Å². The molecular weight excluding hydrogens is 400 g/mol. The molecule has 156 valence electrons. The minimum atomic E-state index is -0.0863. The predicted octanol–water partition coefficient (Wildman–Crippen LogP) is 2.77. The third-order valence-corrected chi connectivity index (χ3v) is 5.32. The molecule has 1 amide bonds. The van der Waals surface area contributed by atoms with Gasteiger partial charge in [-0.3, -0.25) is 15.0 Å². The van der Waals surface area contributed by atoms with Crippen LogP contribution in [0.15, 0.2) is 53.5 Å². The first kappa shape index (κ1) is 20.4. The Kier molecular flexibility index (Phi) is 6.99. The smallest absolute Gasteiger partial charge is 0.238 e. The van der Waals surface area contributed by atoms with Crippen LogP contribution in [0.4, 0.5) is 17.3 Å². The molecule has 1 fully saturated rings. The van der Waals surface area contributed by atoms with Gasteiger partial charge in [0.25, 0.3) is 0 Å². The zero-order valence-electron chi connectivity index (χ0n) is 16.5. The second-order valence-corrected chi connectivity index (χ2v) is 7.66. The number of carbonyl (C=O) groups is 1. The topological polar surface area (TPSA) is 91.4 Å². The summed E-state index contributed by atoms with van der Waals surface area (Å²) in [5, 5.41) is 13.3. The summed E-state index contributed by atoms with van der Waals surface area (Å²) in [5.74, 6) is 0.418. The minimum Gasteiger partial charge on any atom is -0.379 e. The van der Waals surface area contributed by atoms with Crippen LogP contribution in [0.2, 0.25) is 0 Å². The molecule has 4 rings (SSSR count). The van der Waals surface area contributed by atoms with Gasteiger partial charge >= 0.3 is 0 Å². The number of carbonyl (C=O) groups excluding carboxylic acids is 1. The number of ether oxygens (including phenoxy) is 1. The van der Waals surface area contributed by atoms with E-state index in [0.717, 1.165) is 43.1 Å². The highest BCUT2D eigenvalue weighted by Gasteiger charge is 2.10. The van der Waals surface area contributed by atoms with E-state index in [1.165, 1.54) is 0 Å². The van der Waals surface area contributed by atoms with Gasteiger partial charge in [0.05, 0.1) is 19.8 Å². The van der Waals surface area contributed by atoms with E-state index in [4.69, 9.17) is 4.74 Å². The van der Waals surface area contributed by atoms with Crippen LogP contribution in [0.3, 0.4) is 0 Å². The van der Waals surface area contributed by atoms with Crippen molar-refractivity contribution in [3.8, 4) is 11.1 Å². The second kappa shape index (κ2) is 10.3. The SMILES string of the molecule is O=C(CNCN1CCOCC1)Nc1cccc(Nc2ncc(-c3ccsc3)cn2)c1. The Labute approximate surface area is 179 Å². The Balaban J connectivity index is 1.27. The van der Waals surface area contributed by atoms with Crippen molar-refractivity contribution in [3.05, 3.63) is 53.5 Å². The maximum absolute atomic E-state index is 12.2. The molecule has 0 bridgehead atoms. The number of benzene rings is 1. The normalized spacial score (nSPS) is 14.4. The number of nitrogens with one attached hydrogen (secondary N) is 3. The standard InChI is InChI=1S/C21H24N6O2S/c28-20(13-22-15-27-5-7-29-8-6-27)25-18-2-1-3-19(10-18)26-21-23-11-17(12-24-21)16-4-9-30-14-16/h1-4,9-12,14,22H,5-8,13,15H2,(H,25,28)(H,23,24,26). The summed E-state index contributed by atoms with van der Waals surface area (Å²) in [6.07, 6.45) is 3.59. The molecule has 0 spiro atoms. The van der Waals surface area contributed by atoms with Crippen molar-refractivity contribution in [1.82, 2.24) is 20.2 Å². The van der Waals surface area contributed by atoms with Crippen LogP contribution < -0.4 is 16.0 Å². The van der Waals surface area contributed by atoms with Crippen LogP contribution in [0, 0.1) is 0 Å². The Morgan fingerprint density at radius 3 is 2.67 bits per heavy atom. The Hall–Kier alpha value is -2.85. The average Bonchev–Trinajstić information content (AvgIpc) is 3.30. The van der Waals surface area contributed by atoms with E-state index in [1.807, 2.05) is 35.7 Å². The van der Waals surface area contributed by atoms with Crippen LogP contribution in [-0.4, -0.2) is 60.3 Å². The van der Waals surface area contributed by atoms with Gasteiger partial charge in [0, 0.05) is 49.1 Å². The van der Waals surface area contributed by atoms with Crippen molar-refractivity contribution in [1.29, 1.82) is 0 Å². The summed E-state index contributed by atoms with van der Waals surface area (Å²) in [6, 6.07) is 9.53. The number of anilines is 3. The number of rotatable bonds is 8. The van der Waals surface area contributed by atoms with Gasteiger partial charge in [-0.2, -0.15) is 11.3 Å². The quantitative estimate of drug-likeness (QED) is 0.512. The van der Waals surface area contributed by atoms with Crippen LogP contribution in [0.25, 0.3) is 11.1 Å². The van der Waals surface area contributed by atoms with E-state index in [-0.39, 0.29) is 12.5 Å². The van der Waals surface area contributed by atoms with Crippen LogP contribution in [-0.2, 0) is 9.53 Å². The van der Waals surface area contributed by atoms with E-state index in [1.54, 1.807) is 23.7 Å². The van der Waals surface area contributed by atoms with Gasteiger partial charge in [-0.05, 0) is 40.6 Å². The number of thiophene rings is 1. The Morgan fingerprint density at radius 2 is 1.90 bits per heavy atom. The molecule has 8 nitrogen and oxygen atoms in total. The third-order valence-electron chi connectivity index (χ3n) is 4.63. The zero-order chi connectivity index (χ0) is 20.6. The molecule has 3 N–H and O–H groups in total. The zero-order valence-corrected chi connectivity index (χ0v) is 17.3. The van der Waals surface area contributed by atoms with Gasteiger partial charge in [-0.1, -0.05) is 6.07 Å². The molecule has 1 aliphatic heterocycles. The van der Waals surface area contributed by atoms with Crippen LogP contribution in [0.5, 0.6) is 0 Å². The number of nitrogens with zero attached hydrogens (tertiary/aromatic N) is 3. The molecule has 3 heterocycles. The highest BCUT2D eigenvalue weighted by molar-refractivity contribution is 7.08. The van der Waals surface area contributed by atoms with E-state index in [9.17, 15) is 4.79 Å². The Morgan fingerprint density at radius 1 is 1.10 bits per heavy atom. The lowest BCUT2D eigenvalue weighted by atomic mass is 10.2. The largest absolute Gasteiger partial charge is 0.379 e. The summed E-state index contributed by atoms with van der Waals surface area (Å²) < 4.78 is 5.32. The monoisotopic (exact) mass is 424 g/mol. The van der Waals surface area contributed by atoms with Gasteiger partial charge in [-0.15, -0.1) is 0 Å². The van der Waals surface area contributed by atoms with Crippen molar-refractivity contribution in [2.75, 3.05) is 50.2 Å². The molecule has 3 aromatic rings. The fourth-order valence-electron chi connectivity index (χ4n) is 3.07. The fraction of sp³-hybridized carbons (Fsp3) is 0.286. The predicted molar refractivity (Wildman–Crippen MR) is 119 cm³/mol. The molecule has 1 aliphatic rings. The van der Waals surface area contributed by atoms with Gasteiger partial charge in [0.1, 0.15) is 0 Å². The number of morpholine rings is 1. The molecule has 1 aromatic carbocycles. The van der Waals surface area contributed by atoms with E-state index in [2.05, 4.69) is 36.2 Å². The van der Waals surface area contributed by atoms with Crippen molar-refractivity contribution in [3.63, 3.8) is 0 Å². The minimum absolute atomic E-state index is 0.0863. The Bertz CT molecular complexity index is 942. The molecule has 0 atom stereocenters. The second-order valence-electron chi connectivity index (χ2n) is 6.88. The number of hydrogen-bond donors (Lipinski definition) is 3. The van der Waals surface area contributed by atoms with E-state index >= 15 is 0 Å². The summed E-state index contributed by atoms with van der Waals surface area (Å²) in [6.45, 7) is 4.19. The first-order valence-electron chi connectivity index (χ1n) is 9.79. The molecule has 1 saturated heterocycles. The van der Waals surface area contributed by atoms with Crippen molar-refractivity contribution >= 4 is 34.6 Å². The first-order valence-corrected chi connectivity index (χ1v) is 10.7. The lowest BCUT2D eigenvalue weighted by Gasteiger charge is -2.26. The van der Waals surface area contributed by atoms with Crippen molar-refractivity contribution < 1.29 is 9.53 Å². The highest BCUT2D eigenvalue weighted by Crippen LogP contribution is 2.22. The average molecular weight is 425 g/mol.